The van der Waals surface area contributed by atoms with Gasteiger partial charge in [0.15, 0.2) is 0 Å². The summed E-state index contributed by atoms with van der Waals surface area (Å²) in [5, 5.41) is 4.17. The molecule has 1 aromatic carbocycles. The summed E-state index contributed by atoms with van der Waals surface area (Å²) in [5.74, 6) is 0. The lowest BCUT2D eigenvalue weighted by Crippen LogP contribution is -2.56. The van der Waals surface area contributed by atoms with E-state index in [0.717, 1.165) is 22.3 Å². The fourth-order valence-corrected chi connectivity index (χ4v) is 3.54. The van der Waals surface area contributed by atoms with Crippen molar-refractivity contribution in [2.45, 2.75) is 31.6 Å². The van der Waals surface area contributed by atoms with E-state index >= 15 is 0 Å². The van der Waals surface area contributed by atoms with Crippen LogP contribution in [0.15, 0.2) is 17.6 Å². The van der Waals surface area contributed by atoms with Gasteiger partial charge >= 0.3 is 0 Å². The van der Waals surface area contributed by atoms with Crippen LogP contribution in [0, 0.1) is 0 Å². The molecule has 6 heteroatoms. The number of nitrogens with zero attached hydrogens (tertiary/aromatic N) is 1. The average molecular weight is 313 g/mol. The molecule has 0 bridgehead atoms. The zero-order valence-electron chi connectivity index (χ0n) is 11.4. The highest BCUT2D eigenvalue weighted by atomic mass is 35.5. The second kappa shape index (κ2) is 5.85. The summed E-state index contributed by atoms with van der Waals surface area (Å²) in [6, 6.07) is 4.12. The van der Waals surface area contributed by atoms with Crippen LogP contribution in [0.2, 0.25) is 5.02 Å². The Hall–Kier alpha value is -0.880. The van der Waals surface area contributed by atoms with Crippen LogP contribution < -0.4 is 5.32 Å². The van der Waals surface area contributed by atoms with E-state index in [-0.39, 0.29) is 18.2 Å². The minimum Gasteiger partial charge on any atom is -0.377 e. The molecule has 4 nitrogen and oxygen atoms in total. The first-order valence-electron chi connectivity index (χ1n) is 6.67. The molecule has 1 fully saturated rings. The zero-order chi connectivity index (χ0) is 14.1. The van der Waals surface area contributed by atoms with Crippen LogP contribution in [-0.2, 0) is 9.47 Å². The molecule has 1 aliphatic rings. The van der Waals surface area contributed by atoms with Crippen LogP contribution in [0.3, 0.4) is 0 Å². The highest BCUT2D eigenvalue weighted by Gasteiger charge is 2.42. The molecule has 1 heterocycles. The van der Waals surface area contributed by atoms with Gasteiger partial charge in [-0.25, -0.2) is 4.98 Å². The first-order valence-corrected chi connectivity index (χ1v) is 7.93. The molecule has 0 aliphatic heterocycles. The molecule has 1 aromatic heterocycles. The maximum Gasteiger partial charge on any atom is 0.106 e. The molecular formula is C14H17ClN2O2S. The second-order valence-corrected chi connectivity index (χ2v) is 6.10. The van der Waals surface area contributed by atoms with Gasteiger partial charge in [0.05, 0.1) is 33.1 Å². The molecule has 2 aromatic rings. The summed E-state index contributed by atoms with van der Waals surface area (Å²) >= 11 is 7.92. The average Bonchev–Trinajstić information content (AvgIpc) is 2.88. The van der Waals surface area contributed by atoms with Gasteiger partial charge in [-0.15, -0.1) is 11.3 Å². The smallest absolute Gasteiger partial charge is 0.106 e. The molecule has 0 saturated heterocycles. The Kier molecular flexibility index (Phi) is 4.12. The first kappa shape index (κ1) is 14.1. The number of halogens is 1. The van der Waals surface area contributed by atoms with E-state index < -0.39 is 0 Å². The summed E-state index contributed by atoms with van der Waals surface area (Å²) in [7, 11) is 1.72. The first-order chi connectivity index (χ1) is 9.74. The number of methoxy groups -OCH3 is 1. The second-order valence-electron chi connectivity index (χ2n) is 4.80. The van der Waals surface area contributed by atoms with Gasteiger partial charge in [-0.05, 0) is 25.5 Å². The summed E-state index contributed by atoms with van der Waals surface area (Å²) in [6.07, 6.45) is 1.14. The Morgan fingerprint density at radius 3 is 3.10 bits per heavy atom. The van der Waals surface area contributed by atoms with E-state index in [9.17, 15) is 0 Å². The third-order valence-corrected chi connectivity index (χ3v) is 4.79. The van der Waals surface area contributed by atoms with Gasteiger partial charge in [-0.1, -0.05) is 11.6 Å². The van der Waals surface area contributed by atoms with Crippen LogP contribution in [0.1, 0.15) is 13.3 Å². The summed E-state index contributed by atoms with van der Waals surface area (Å²) in [5.41, 5.74) is 3.66. The van der Waals surface area contributed by atoms with Crippen LogP contribution in [0.5, 0.6) is 0 Å². The SMILES string of the molecule is CCOC1CC(Nc2c(Cl)ccc3scnc23)C1OC. The van der Waals surface area contributed by atoms with Gasteiger partial charge in [0, 0.05) is 13.7 Å². The zero-order valence-corrected chi connectivity index (χ0v) is 13.0. The largest absolute Gasteiger partial charge is 0.377 e. The Bertz CT molecular complexity index is 604. The molecule has 1 N–H and O–H groups in total. The highest BCUT2D eigenvalue weighted by Crippen LogP contribution is 2.36. The summed E-state index contributed by atoms with van der Waals surface area (Å²) in [6.45, 7) is 2.71. The number of ether oxygens (including phenoxy) is 2. The quantitative estimate of drug-likeness (QED) is 0.917. The van der Waals surface area contributed by atoms with E-state index in [1.54, 1.807) is 18.4 Å². The van der Waals surface area contributed by atoms with Crippen LogP contribution in [0.25, 0.3) is 10.2 Å². The monoisotopic (exact) mass is 312 g/mol. The van der Waals surface area contributed by atoms with E-state index in [1.165, 1.54) is 0 Å². The number of thiazole rings is 1. The highest BCUT2D eigenvalue weighted by molar-refractivity contribution is 7.16. The maximum atomic E-state index is 6.30. The number of anilines is 1. The molecule has 3 rings (SSSR count). The number of aromatic nitrogens is 1. The van der Waals surface area contributed by atoms with E-state index in [0.29, 0.717) is 11.6 Å². The minimum absolute atomic E-state index is 0.0555. The number of rotatable bonds is 5. The van der Waals surface area contributed by atoms with Gasteiger partial charge in [0.2, 0.25) is 0 Å². The predicted octanol–water partition coefficient (Wildman–Crippen LogP) is 3.55. The van der Waals surface area contributed by atoms with Crippen molar-refractivity contribution < 1.29 is 9.47 Å². The van der Waals surface area contributed by atoms with Crippen molar-refractivity contribution in [2.75, 3.05) is 19.0 Å². The molecular weight excluding hydrogens is 296 g/mol. The van der Waals surface area contributed by atoms with Crippen LogP contribution >= 0.6 is 22.9 Å². The summed E-state index contributed by atoms with van der Waals surface area (Å²) in [4.78, 5) is 4.40. The van der Waals surface area contributed by atoms with Gasteiger partial charge in [-0.3, -0.25) is 0 Å². The Balaban J connectivity index is 1.80. The Labute approximate surface area is 127 Å². The third kappa shape index (κ3) is 2.39. The molecule has 3 unspecified atom stereocenters. The lowest BCUT2D eigenvalue weighted by atomic mass is 9.85. The van der Waals surface area contributed by atoms with E-state index in [1.807, 2.05) is 24.6 Å². The molecule has 20 heavy (non-hydrogen) atoms. The van der Waals surface area contributed by atoms with Crippen molar-refractivity contribution >= 4 is 38.8 Å². The van der Waals surface area contributed by atoms with E-state index in [2.05, 4.69) is 10.3 Å². The maximum absolute atomic E-state index is 6.30. The number of benzene rings is 1. The Morgan fingerprint density at radius 1 is 1.50 bits per heavy atom. The lowest BCUT2D eigenvalue weighted by Gasteiger charge is -2.43. The standard InChI is InChI=1S/C14H17ClN2O2S/c1-3-19-10-6-9(14(10)18-2)17-12-8(15)4-5-11-13(12)16-7-20-11/h4-5,7,9-10,14,17H,3,6H2,1-2H3. The van der Waals surface area contributed by atoms with Gasteiger partial charge in [-0.2, -0.15) is 0 Å². The van der Waals surface area contributed by atoms with E-state index in [4.69, 9.17) is 21.1 Å². The number of hydrogen-bond acceptors (Lipinski definition) is 5. The molecule has 0 radical (unpaired) electrons. The van der Waals surface area contributed by atoms with Gasteiger partial charge < -0.3 is 14.8 Å². The molecule has 0 spiro atoms. The fourth-order valence-electron chi connectivity index (χ4n) is 2.65. The Morgan fingerprint density at radius 2 is 2.35 bits per heavy atom. The number of nitrogens with one attached hydrogen (secondary N) is 1. The van der Waals surface area contributed by atoms with Crippen molar-refractivity contribution in [2.24, 2.45) is 0 Å². The molecule has 108 valence electrons. The number of fused-ring (bicyclic) bond motifs is 1. The topological polar surface area (TPSA) is 43.4 Å². The van der Waals surface area contributed by atoms with Crippen molar-refractivity contribution in [3.8, 4) is 0 Å². The van der Waals surface area contributed by atoms with Crippen molar-refractivity contribution in [1.29, 1.82) is 0 Å². The molecule has 0 amide bonds. The summed E-state index contributed by atoms with van der Waals surface area (Å²) < 4.78 is 12.3. The lowest BCUT2D eigenvalue weighted by molar-refractivity contribution is -0.117. The van der Waals surface area contributed by atoms with Crippen LogP contribution in [-0.4, -0.2) is 37.0 Å². The fraction of sp³-hybridized carbons (Fsp3) is 0.500. The van der Waals surface area contributed by atoms with Crippen molar-refractivity contribution in [1.82, 2.24) is 4.98 Å². The van der Waals surface area contributed by atoms with Gasteiger partial charge in [0.1, 0.15) is 11.6 Å². The minimum atomic E-state index is 0.0555. The predicted molar refractivity (Wildman–Crippen MR) is 82.9 cm³/mol. The molecule has 1 aliphatic carbocycles. The molecule has 3 atom stereocenters. The normalized spacial score (nSPS) is 25.6. The third-order valence-electron chi connectivity index (χ3n) is 3.68. The van der Waals surface area contributed by atoms with Gasteiger partial charge in [0.25, 0.3) is 0 Å². The van der Waals surface area contributed by atoms with Crippen molar-refractivity contribution in [3.05, 3.63) is 22.7 Å². The number of hydrogen-bond donors (Lipinski definition) is 1. The van der Waals surface area contributed by atoms with Crippen molar-refractivity contribution in [3.63, 3.8) is 0 Å². The van der Waals surface area contributed by atoms with Crippen LogP contribution in [0.4, 0.5) is 5.69 Å². The molecule has 1 saturated carbocycles.